The summed E-state index contributed by atoms with van der Waals surface area (Å²) in [5.74, 6) is 0. The zero-order chi connectivity index (χ0) is 9.14. The Balaban J connectivity index is 2.64. The van der Waals surface area contributed by atoms with Gasteiger partial charge < -0.3 is 5.11 Å². The Kier molecular flexibility index (Phi) is 3.74. The van der Waals surface area contributed by atoms with Crippen LogP contribution in [0.25, 0.3) is 0 Å². The molecule has 1 aromatic heterocycles. The summed E-state index contributed by atoms with van der Waals surface area (Å²) in [5.41, 5.74) is 2.02. The second kappa shape index (κ2) is 4.39. The van der Waals surface area contributed by atoms with E-state index < -0.39 is 0 Å². The SMILES string of the molecule is C=C(C)CC(O)c1csc(I)c1. The van der Waals surface area contributed by atoms with Crippen molar-refractivity contribution in [2.24, 2.45) is 0 Å². The molecular formula is C9H11IOS. The van der Waals surface area contributed by atoms with Gasteiger partial charge in [0.1, 0.15) is 0 Å². The molecule has 1 atom stereocenters. The number of thiophene rings is 1. The highest BCUT2D eigenvalue weighted by atomic mass is 127. The Bertz CT molecular complexity index is 280. The Hall–Kier alpha value is 0.130. The summed E-state index contributed by atoms with van der Waals surface area (Å²) in [7, 11) is 0. The standard InChI is InChI=1S/C9H11IOS/c1-6(2)3-8(11)7-4-9(10)12-5-7/h4-5,8,11H,1,3H2,2H3. The van der Waals surface area contributed by atoms with Crippen LogP contribution in [0.1, 0.15) is 25.0 Å². The van der Waals surface area contributed by atoms with Gasteiger partial charge in [0.05, 0.1) is 8.99 Å². The smallest absolute Gasteiger partial charge is 0.0835 e. The lowest BCUT2D eigenvalue weighted by atomic mass is 10.1. The molecule has 1 unspecified atom stereocenters. The average Bonchev–Trinajstić information content (AvgIpc) is 2.34. The summed E-state index contributed by atoms with van der Waals surface area (Å²) in [4.78, 5) is 0. The van der Waals surface area contributed by atoms with Gasteiger partial charge in [-0.3, -0.25) is 0 Å². The summed E-state index contributed by atoms with van der Waals surface area (Å²) in [6.45, 7) is 5.70. The van der Waals surface area contributed by atoms with E-state index in [0.29, 0.717) is 6.42 Å². The average molecular weight is 294 g/mol. The Morgan fingerprint density at radius 2 is 2.50 bits per heavy atom. The first-order valence-corrected chi connectivity index (χ1v) is 5.62. The molecule has 0 aliphatic heterocycles. The topological polar surface area (TPSA) is 20.2 Å². The third-order valence-electron chi connectivity index (χ3n) is 1.51. The van der Waals surface area contributed by atoms with Gasteiger partial charge >= 0.3 is 0 Å². The molecule has 66 valence electrons. The molecule has 0 saturated heterocycles. The number of aliphatic hydroxyl groups is 1. The maximum atomic E-state index is 9.65. The van der Waals surface area contributed by atoms with Crippen LogP contribution in [0, 0.1) is 2.88 Å². The highest BCUT2D eigenvalue weighted by Crippen LogP contribution is 2.25. The first-order chi connectivity index (χ1) is 5.59. The highest BCUT2D eigenvalue weighted by Gasteiger charge is 2.08. The fourth-order valence-electron chi connectivity index (χ4n) is 0.946. The third-order valence-corrected chi connectivity index (χ3v) is 3.32. The molecular weight excluding hydrogens is 283 g/mol. The van der Waals surface area contributed by atoms with Gasteiger partial charge in [-0.1, -0.05) is 5.57 Å². The fourth-order valence-corrected chi connectivity index (χ4v) is 2.36. The first kappa shape index (κ1) is 10.2. The molecule has 0 aliphatic rings. The predicted molar refractivity (Wildman–Crippen MR) is 61.4 cm³/mol. The lowest BCUT2D eigenvalue weighted by Crippen LogP contribution is -1.95. The van der Waals surface area contributed by atoms with Crippen LogP contribution >= 0.6 is 33.9 Å². The molecule has 3 heteroatoms. The van der Waals surface area contributed by atoms with Crippen molar-refractivity contribution >= 4 is 33.9 Å². The predicted octanol–water partition coefficient (Wildman–Crippen LogP) is 3.35. The Morgan fingerprint density at radius 1 is 1.83 bits per heavy atom. The second-order valence-corrected chi connectivity index (χ2v) is 5.67. The first-order valence-electron chi connectivity index (χ1n) is 3.66. The Labute approximate surface area is 90.3 Å². The van der Waals surface area contributed by atoms with Crippen LogP contribution < -0.4 is 0 Å². The monoisotopic (exact) mass is 294 g/mol. The van der Waals surface area contributed by atoms with E-state index in [4.69, 9.17) is 0 Å². The van der Waals surface area contributed by atoms with E-state index in [1.807, 2.05) is 18.4 Å². The van der Waals surface area contributed by atoms with Crippen molar-refractivity contribution in [3.05, 3.63) is 32.0 Å². The molecule has 0 bridgehead atoms. The molecule has 12 heavy (non-hydrogen) atoms. The van der Waals surface area contributed by atoms with E-state index in [0.717, 1.165) is 11.1 Å². The zero-order valence-corrected chi connectivity index (χ0v) is 9.85. The lowest BCUT2D eigenvalue weighted by Gasteiger charge is -2.07. The molecule has 1 N–H and O–H groups in total. The van der Waals surface area contributed by atoms with Crippen molar-refractivity contribution in [2.45, 2.75) is 19.4 Å². The van der Waals surface area contributed by atoms with Gasteiger partial charge in [-0.05, 0) is 52.9 Å². The molecule has 1 aromatic rings. The number of hydrogen-bond donors (Lipinski definition) is 1. The minimum absolute atomic E-state index is 0.373. The minimum Gasteiger partial charge on any atom is -0.388 e. The van der Waals surface area contributed by atoms with Crippen LogP contribution in [0.15, 0.2) is 23.6 Å². The zero-order valence-electron chi connectivity index (χ0n) is 6.88. The molecule has 0 fully saturated rings. The molecule has 0 amide bonds. The molecule has 0 aliphatic carbocycles. The highest BCUT2D eigenvalue weighted by molar-refractivity contribution is 14.1. The van der Waals surface area contributed by atoms with E-state index in [1.54, 1.807) is 11.3 Å². The van der Waals surface area contributed by atoms with E-state index in [2.05, 4.69) is 29.2 Å². The van der Waals surface area contributed by atoms with Crippen LogP contribution in [-0.4, -0.2) is 5.11 Å². The van der Waals surface area contributed by atoms with Crippen LogP contribution in [-0.2, 0) is 0 Å². The van der Waals surface area contributed by atoms with Gasteiger partial charge in [0.2, 0.25) is 0 Å². The van der Waals surface area contributed by atoms with Gasteiger partial charge in [-0.15, -0.1) is 17.9 Å². The quantitative estimate of drug-likeness (QED) is 0.669. The van der Waals surface area contributed by atoms with Crippen molar-refractivity contribution in [2.75, 3.05) is 0 Å². The number of aliphatic hydroxyl groups excluding tert-OH is 1. The molecule has 0 spiro atoms. The minimum atomic E-state index is -0.373. The summed E-state index contributed by atoms with van der Waals surface area (Å²) in [6.07, 6.45) is 0.287. The van der Waals surface area contributed by atoms with E-state index in [-0.39, 0.29) is 6.10 Å². The normalized spacial score (nSPS) is 12.9. The summed E-state index contributed by atoms with van der Waals surface area (Å²) < 4.78 is 1.21. The van der Waals surface area contributed by atoms with Crippen LogP contribution in [0.4, 0.5) is 0 Å². The van der Waals surface area contributed by atoms with Gasteiger partial charge in [0, 0.05) is 0 Å². The second-order valence-electron chi connectivity index (χ2n) is 2.86. The third kappa shape index (κ3) is 2.88. The van der Waals surface area contributed by atoms with Crippen molar-refractivity contribution < 1.29 is 5.11 Å². The molecule has 0 aromatic carbocycles. The molecule has 0 radical (unpaired) electrons. The molecule has 1 nitrogen and oxygen atoms in total. The summed E-state index contributed by atoms with van der Waals surface area (Å²) >= 11 is 3.91. The van der Waals surface area contributed by atoms with Gasteiger partial charge in [-0.25, -0.2) is 0 Å². The lowest BCUT2D eigenvalue weighted by molar-refractivity contribution is 0.179. The number of rotatable bonds is 3. The number of halogens is 1. The van der Waals surface area contributed by atoms with E-state index >= 15 is 0 Å². The van der Waals surface area contributed by atoms with E-state index in [1.165, 1.54) is 2.88 Å². The molecule has 1 rings (SSSR count). The van der Waals surface area contributed by atoms with Gasteiger partial charge in [0.25, 0.3) is 0 Å². The van der Waals surface area contributed by atoms with Crippen LogP contribution in [0.3, 0.4) is 0 Å². The van der Waals surface area contributed by atoms with Gasteiger partial charge in [0.15, 0.2) is 0 Å². The maximum absolute atomic E-state index is 9.65. The fraction of sp³-hybridized carbons (Fsp3) is 0.333. The van der Waals surface area contributed by atoms with Crippen molar-refractivity contribution in [3.8, 4) is 0 Å². The molecule has 0 saturated carbocycles. The van der Waals surface area contributed by atoms with Crippen LogP contribution in [0.5, 0.6) is 0 Å². The largest absolute Gasteiger partial charge is 0.388 e. The number of hydrogen-bond acceptors (Lipinski definition) is 2. The Morgan fingerprint density at radius 3 is 2.92 bits per heavy atom. The summed E-state index contributed by atoms with van der Waals surface area (Å²) in [6, 6.07) is 2.01. The van der Waals surface area contributed by atoms with Crippen molar-refractivity contribution in [3.63, 3.8) is 0 Å². The molecule has 1 heterocycles. The van der Waals surface area contributed by atoms with E-state index in [9.17, 15) is 5.11 Å². The van der Waals surface area contributed by atoms with Crippen LogP contribution in [0.2, 0.25) is 0 Å². The summed E-state index contributed by atoms with van der Waals surface area (Å²) in [5, 5.41) is 11.6. The van der Waals surface area contributed by atoms with Gasteiger partial charge in [-0.2, -0.15) is 0 Å². The maximum Gasteiger partial charge on any atom is 0.0835 e. The van der Waals surface area contributed by atoms with Crippen molar-refractivity contribution in [1.29, 1.82) is 0 Å². The van der Waals surface area contributed by atoms with Crippen molar-refractivity contribution in [1.82, 2.24) is 0 Å².